The molecule has 3 nitrogen and oxygen atoms in total. The SMILES string of the molecule is OCc1cccc(-c2ccc3nc(-c4cccc(Cl)c4)cn3c2)c1. The molecule has 0 aliphatic heterocycles. The summed E-state index contributed by atoms with van der Waals surface area (Å²) in [5.41, 5.74) is 5.81. The molecule has 0 saturated heterocycles. The number of imidazole rings is 1. The number of benzene rings is 2. The van der Waals surface area contributed by atoms with Gasteiger partial charge in [-0.05, 0) is 47.0 Å². The van der Waals surface area contributed by atoms with Gasteiger partial charge in [0.05, 0.1) is 12.3 Å². The molecule has 0 unspecified atom stereocenters. The van der Waals surface area contributed by atoms with Crippen LogP contribution in [0.25, 0.3) is 28.0 Å². The zero-order valence-corrected chi connectivity index (χ0v) is 13.6. The lowest BCUT2D eigenvalue weighted by Gasteiger charge is -2.04. The van der Waals surface area contributed by atoms with E-state index in [1.165, 1.54) is 0 Å². The smallest absolute Gasteiger partial charge is 0.137 e. The molecular formula is C20H15ClN2O. The van der Waals surface area contributed by atoms with E-state index in [0.717, 1.165) is 33.6 Å². The molecular weight excluding hydrogens is 320 g/mol. The molecule has 4 rings (SSSR count). The summed E-state index contributed by atoms with van der Waals surface area (Å²) in [4.78, 5) is 4.66. The highest BCUT2D eigenvalue weighted by atomic mass is 35.5. The van der Waals surface area contributed by atoms with Gasteiger partial charge in [0.1, 0.15) is 5.65 Å². The first-order chi connectivity index (χ1) is 11.7. The molecule has 0 aliphatic carbocycles. The molecule has 2 aromatic heterocycles. The average Bonchev–Trinajstić information content (AvgIpc) is 3.05. The van der Waals surface area contributed by atoms with E-state index in [9.17, 15) is 5.11 Å². The fourth-order valence-corrected chi connectivity index (χ4v) is 2.99. The van der Waals surface area contributed by atoms with Gasteiger partial charge >= 0.3 is 0 Å². The number of aromatic nitrogens is 2. The summed E-state index contributed by atoms with van der Waals surface area (Å²) < 4.78 is 2.01. The second-order valence-electron chi connectivity index (χ2n) is 5.68. The zero-order valence-electron chi connectivity index (χ0n) is 12.9. The van der Waals surface area contributed by atoms with Gasteiger partial charge in [0, 0.05) is 23.0 Å². The molecule has 0 radical (unpaired) electrons. The van der Waals surface area contributed by atoms with E-state index in [1.54, 1.807) is 0 Å². The van der Waals surface area contributed by atoms with Crippen LogP contribution < -0.4 is 0 Å². The van der Waals surface area contributed by atoms with Gasteiger partial charge in [-0.3, -0.25) is 0 Å². The Morgan fingerprint density at radius 3 is 2.54 bits per heavy atom. The van der Waals surface area contributed by atoms with Gasteiger partial charge in [-0.1, -0.05) is 41.9 Å². The number of hydrogen-bond acceptors (Lipinski definition) is 2. The van der Waals surface area contributed by atoms with Gasteiger partial charge in [-0.25, -0.2) is 4.98 Å². The second kappa shape index (κ2) is 6.11. The van der Waals surface area contributed by atoms with Gasteiger partial charge in [-0.2, -0.15) is 0 Å². The monoisotopic (exact) mass is 334 g/mol. The highest BCUT2D eigenvalue weighted by molar-refractivity contribution is 6.30. The average molecular weight is 335 g/mol. The van der Waals surface area contributed by atoms with E-state index in [1.807, 2.05) is 77.5 Å². The summed E-state index contributed by atoms with van der Waals surface area (Å²) in [5, 5.41) is 10.0. The number of rotatable bonds is 3. The quantitative estimate of drug-likeness (QED) is 0.583. The van der Waals surface area contributed by atoms with E-state index in [2.05, 4.69) is 4.98 Å². The molecule has 0 aliphatic rings. The molecule has 2 heterocycles. The van der Waals surface area contributed by atoms with Gasteiger partial charge in [0.2, 0.25) is 0 Å². The Balaban J connectivity index is 1.78. The predicted molar refractivity (Wildman–Crippen MR) is 97.0 cm³/mol. The van der Waals surface area contributed by atoms with Gasteiger partial charge in [0.15, 0.2) is 0 Å². The second-order valence-corrected chi connectivity index (χ2v) is 6.11. The van der Waals surface area contributed by atoms with Crippen LogP contribution in [0.3, 0.4) is 0 Å². The molecule has 0 fully saturated rings. The Morgan fingerprint density at radius 2 is 1.71 bits per heavy atom. The summed E-state index contributed by atoms with van der Waals surface area (Å²) in [5.74, 6) is 0. The van der Waals surface area contributed by atoms with E-state index < -0.39 is 0 Å². The van der Waals surface area contributed by atoms with Crippen molar-refractivity contribution in [2.24, 2.45) is 0 Å². The van der Waals surface area contributed by atoms with Crippen molar-refractivity contribution in [3.05, 3.63) is 83.6 Å². The van der Waals surface area contributed by atoms with Crippen molar-refractivity contribution in [1.82, 2.24) is 9.38 Å². The summed E-state index contributed by atoms with van der Waals surface area (Å²) >= 11 is 6.07. The standard InChI is InChI=1S/C20H15ClN2O/c21-18-6-2-5-16(10-18)19-12-23-11-17(7-8-20(23)22-19)15-4-1-3-14(9-15)13-24/h1-12,24H,13H2. The van der Waals surface area contributed by atoms with Gasteiger partial charge in [-0.15, -0.1) is 0 Å². The van der Waals surface area contributed by atoms with Crippen LogP contribution in [0.5, 0.6) is 0 Å². The number of aliphatic hydroxyl groups excluding tert-OH is 1. The normalized spacial score (nSPS) is 11.1. The first-order valence-electron chi connectivity index (χ1n) is 7.68. The highest BCUT2D eigenvalue weighted by Crippen LogP contribution is 2.25. The highest BCUT2D eigenvalue weighted by Gasteiger charge is 2.07. The lowest BCUT2D eigenvalue weighted by atomic mass is 10.1. The Hall–Kier alpha value is -2.62. The maximum absolute atomic E-state index is 9.31. The number of nitrogens with zero attached hydrogens (tertiary/aromatic N) is 2. The van der Waals surface area contributed by atoms with Crippen LogP contribution >= 0.6 is 11.6 Å². The molecule has 4 aromatic rings. The summed E-state index contributed by atoms with van der Waals surface area (Å²) in [6.45, 7) is 0.0417. The fourth-order valence-electron chi connectivity index (χ4n) is 2.80. The lowest BCUT2D eigenvalue weighted by molar-refractivity contribution is 0.282. The topological polar surface area (TPSA) is 37.5 Å². The Morgan fingerprint density at radius 1 is 0.875 bits per heavy atom. The number of hydrogen-bond donors (Lipinski definition) is 1. The van der Waals surface area contributed by atoms with Crippen LogP contribution in [0, 0.1) is 0 Å². The predicted octanol–water partition coefficient (Wildman–Crippen LogP) is 4.81. The third kappa shape index (κ3) is 2.80. The van der Waals surface area contributed by atoms with Crippen LogP contribution in [0.15, 0.2) is 73.1 Å². The molecule has 0 spiro atoms. The third-order valence-electron chi connectivity index (χ3n) is 4.01. The van der Waals surface area contributed by atoms with Crippen molar-refractivity contribution in [3.8, 4) is 22.4 Å². The van der Waals surface area contributed by atoms with Crippen molar-refractivity contribution in [1.29, 1.82) is 0 Å². The van der Waals surface area contributed by atoms with Crippen molar-refractivity contribution < 1.29 is 5.11 Å². The minimum atomic E-state index is 0.0417. The first-order valence-corrected chi connectivity index (χ1v) is 8.05. The summed E-state index contributed by atoms with van der Waals surface area (Å²) in [7, 11) is 0. The molecule has 0 amide bonds. The molecule has 118 valence electrons. The van der Waals surface area contributed by atoms with Crippen LogP contribution in [0.2, 0.25) is 5.02 Å². The summed E-state index contributed by atoms with van der Waals surface area (Å²) in [6, 6.07) is 19.6. The molecule has 0 saturated carbocycles. The number of pyridine rings is 1. The van der Waals surface area contributed by atoms with E-state index in [4.69, 9.17) is 11.6 Å². The lowest BCUT2D eigenvalue weighted by Crippen LogP contribution is -1.87. The largest absolute Gasteiger partial charge is 0.392 e. The minimum absolute atomic E-state index is 0.0417. The minimum Gasteiger partial charge on any atom is -0.392 e. The van der Waals surface area contributed by atoms with Crippen molar-refractivity contribution in [2.75, 3.05) is 0 Å². The van der Waals surface area contributed by atoms with E-state index >= 15 is 0 Å². The van der Waals surface area contributed by atoms with Gasteiger partial charge < -0.3 is 9.51 Å². The molecule has 4 heteroatoms. The Bertz CT molecular complexity index is 1020. The maximum atomic E-state index is 9.31. The fraction of sp³-hybridized carbons (Fsp3) is 0.0500. The van der Waals surface area contributed by atoms with Gasteiger partial charge in [0.25, 0.3) is 0 Å². The third-order valence-corrected chi connectivity index (χ3v) is 4.25. The first kappa shape index (κ1) is 14.9. The van der Waals surface area contributed by atoms with Crippen LogP contribution in [-0.2, 0) is 6.61 Å². The van der Waals surface area contributed by atoms with Crippen LogP contribution in [-0.4, -0.2) is 14.5 Å². The number of aliphatic hydroxyl groups is 1. The molecule has 0 bridgehead atoms. The van der Waals surface area contributed by atoms with E-state index in [0.29, 0.717) is 5.02 Å². The molecule has 1 N–H and O–H groups in total. The van der Waals surface area contributed by atoms with E-state index in [-0.39, 0.29) is 6.61 Å². The Kier molecular flexibility index (Phi) is 3.81. The van der Waals surface area contributed by atoms with Crippen molar-refractivity contribution in [2.45, 2.75) is 6.61 Å². The number of halogens is 1. The van der Waals surface area contributed by atoms with Crippen LogP contribution in [0.1, 0.15) is 5.56 Å². The molecule has 0 atom stereocenters. The molecule has 24 heavy (non-hydrogen) atoms. The Labute approximate surface area is 144 Å². The van der Waals surface area contributed by atoms with Crippen LogP contribution in [0.4, 0.5) is 0 Å². The zero-order chi connectivity index (χ0) is 16.5. The number of fused-ring (bicyclic) bond motifs is 1. The summed E-state index contributed by atoms with van der Waals surface area (Å²) in [6.07, 6.45) is 4.05. The molecule has 2 aromatic carbocycles. The maximum Gasteiger partial charge on any atom is 0.137 e. The van der Waals surface area contributed by atoms with Crippen molar-refractivity contribution >= 4 is 17.2 Å². The van der Waals surface area contributed by atoms with Crippen molar-refractivity contribution in [3.63, 3.8) is 0 Å².